The summed E-state index contributed by atoms with van der Waals surface area (Å²) < 4.78 is 12.7. The molecule has 6 nitrogen and oxygen atoms in total. The molecule has 3 saturated carbocycles. The fourth-order valence-corrected chi connectivity index (χ4v) is 8.12. The minimum Gasteiger partial charge on any atom is -0.393 e. The second-order valence-corrected chi connectivity index (χ2v) is 10.7. The summed E-state index contributed by atoms with van der Waals surface area (Å²) >= 11 is 0. The summed E-state index contributed by atoms with van der Waals surface area (Å²) in [7, 11) is 0. The quantitative estimate of drug-likeness (QED) is 0.712. The molecule has 0 amide bonds. The Morgan fingerprint density at radius 3 is 2.81 bits per heavy atom. The molecule has 5 aliphatic rings. The maximum Gasteiger partial charge on any atom is 0.193 e. The van der Waals surface area contributed by atoms with Gasteiger partial charge in [0.05, 0.1) is 12.2 Å². The predicted molar refractivity (Wildman–Crippen MR) is 113 cm³/mol. The molecule has 1 heterocycles. The summed E-state index contributed by atoms with van der Waals surface area (Å²) in [6, 6.07) is 0. The fourth-order valence-electron chi connectivity index (χ4n) is 8.12. The first-order chi connectivity index (χ1) is 14.7. The van der Waals surface area contributed by atoms with E-state index in [4.69, 9.17) is 9.47 Å². The molecule has 0 bridgehead atoms. The van der Waals surface area contributed by atoms with Gasteiger partial charge in [-0.25, -0.2) is 0 Å². The lowest BCUT2D eigenvalue weighted by Gasteiger charge is -2.59. The Balaban J connectivity index is 1.55. The highest BCUT2D eigenvalue weighted by molar-refractivity contribution is 6.01. The molecule has 0 aromatic heterocycles. The number of aliphatic hydroxyl groups is 2. The van der Waals surface area contributed by atoms with Crippen LogP contribution in [0.4, 0.5) is 0 Å². The van der Waals surface area contributed by atoms with Gasteiger partial charge >= 0.3 is 0 Å². The third-order valence-corrected chi connectivity index (χ3v) is 9.37. The van der Waals surface area contributed by atoms with Crippen molar-refractivity contribution in [2.24, 2.45) is 28.6 Å². The molecule has 6 heteroatoms. The number of carbonyl (C=O) groups excluding carboxylic acids is 2. The standard InChI is InChI=1S/C25H34O6/c1-4-5-21-30-20-11-17-16-7-6-14-10-15(27)8-9-23(14,2)22(16)18(28)12-24(17,3)25(20,31-21)19(29)13-26/h8-10,16-18,20-22,26,28H,4-7,11-13H2,1-3H3/t16?,17?,18-,20-,21+,22?,23-,24-,25+/m0/s1. The molecule has 170 valence electrons. The second-order valence-electron chi connectivity index (χ2n) is 10.7. The van der Waals surface area contributed by atoms with Crippen LogP contribution in [0.3, 0.4) is 0 Å². The van der Waals surface area contributed by atoms with Crippen LogP contribution >= 0.6 is 0 Å². The van der Waals surface area contributed by atoms with E-state index in [1.807, 2.05) is 6.08 Å². The molecule has 0 aromatic rings. The molecule has 9 atom stereocenters. The summed E-state index contributed by atoms with van der Waals surface area (Å²) in [4.78, 5) is 25.2. The highest BCUT2D eigenvalue weighted by Crippen LogP contribution is 2.69. The van der Waals surface area contributed by atoms with Crippen LogP contribution in [0.25, 0.3) is 0 Å². The second kappa shape index (κ2) is 7.08. The van der Waals surface area contributed by atoms with Gasteiger partial charge in [-0.1, -0.05) is 38.8 Å². The van der Waals surface area contributed by atoms with Gasteiger partial charge in [0.1, 0.15) is 6.61 Å². The van der Waals surface area contributed by atoms with Gasteiger partial charge in [0.25, 0.3) is 0 Å². The van der Waals surface area contributed by atoms with E-state index in [1.165, 1.54) is 0 Å². The number of ether oxygens (including phenoxy) is 2. The van der Waals surface area contributed by atoms with Gasteiger partial charge in [0, 0.05) is 16.7 Å². The number of ketones is 2. The molecule has 4 aliphatic carbocycles. The van der Waals surface area contributed by atoms with Crippen LogP contribution in [0.5, 0.6) is 0 Å². The van der Waals surface area contributed by atoms with Gasteiger partial charge in [0.15, 0.2) is 23.5 Å². The number of rotatable bonds is 4. The minimum atomic E-state index is -1.20. The SMILES string of the molecule is CCC[C@@H]1O[C@H]2CC3C4CCC5=CC(=O)C=C[C@]5(C)C4[C@@H](O)C[C@]3(C)[C@]2(C(=O)CO)O1. The van der Waals surface area contributed by atoms with Gasteiger partial charge in [-0.3, -0.25) is 9.59 Å². The van der Waals surface area contributed by atoms with E-state index in [0.717, 1.165) is 24.8 Å². The number of hydrogen-bond acceptors (Lipinski definition) is 6. The Bertz CT molecular complexity index is 862. The first kappa shape index (κ1) is 21.5. The molecule has 1 saturated heterocycles. The summed E-state index contributed by atoms with van der Waals surface area (Å²) in [5.74, 6) is 0.0274. The van der Waals surface area contributed by atoms with Gasteiger partial charge in [-0.15, -0.1) is 0 Å². The van der Waals surface area contributed by atoms with Crippen molar-refractivity contribution >= 4 is 11.6 Å². The van der Waals surface area contributed by atoms with E-state index in [0.29, 0.717) is 19.3 Å². The molecule has 4 fully saturated rings. The van der Waals surface area contributed by atoms with Gasteiger partial charge < -0.3 is 19.7 Å². The predicted octanol–water partition coefficient (Wildman–Crippen LogP) is 2.72. The number of hydrogen-bond donors (Lipinski definition) is 2. The Hall–Kier alpha value is -1.34. The van der Waals surface area contributed by atoms with E-state index >= 15 is 0 Å². The Morgan fingerprint density at radius 2 is 2.10 bits per heavy atom. The highest BCUT2D eigenvalue weighted by Gasteiger charge is 2.75. The van der Waals surface area contributed by atoms with E-state index in [9.17, 15) is 19.8 Å². The molecule has 0 aromatic carbocycles. The summed E-state index contributed by atoms with van der Waals surface area (Å²) in [6.07, 6.45) is 8.31. The number of fused-ring (bicyclic) bond motifs is 7. The monoisotopic (exact) mass is 430 g/mol. The Labute approximate surface area is 183 Å². The van der Waals surface area contributed by atoms with Crippen LogP contribution in [0.2, 0.25) is 0 Å². The average molecular weight is 431 g/mol. The average Bonchev–Trinajstić information content (AvgIpc) is 3.20. The molecule has 0 radical (unpaired) electrons. The van der Waals surface area contributed by atoms with E-state index in [2.05, 4.69) is 20.8 Å². The lowest BCUT2D eigenvalue weighted by Crippen LogP contribution is -2.63. The number of carbonyl (C=O) groups is 2. The van der Waals surface area contributed by atoms with Crippen molar-refractivity contribution in [1.82, 2.24) is 0 Å². The molecule has 0 spiro atoms. The van der Waals surface area contributed by atoms with Crippen LogP contribution in [0, 0.1) is 28.6 Å². The third kappa shape index (κ3) is 2.65. The number of Topliss-reactive ketones (excluding diaryl/α,β-unsaturated/α-hetero) is 1. The molecule has 5 rings (SSSR count). The number of allylic oxidation sites excluding steroid dienone is 4. The molecular formula is C25H34O6. The molecule has 31 heavy (non-hydrogen) atoms. The lowest BCUT2D eigenvalue weighted by atomic mass is 9.46. The third-order valence-electron chi connectivity index (χ3n) is 9.37. The van der Waals surface area contributed by atoms with Crippen molar-refractivity contribution in [2.75, 3.05) is 6.61 Å². The zero-order valence-electron chi connectivity index (χ0n) is 18.7. The van der Waals surface area contributed by atoms with Crippen LogP contribution < -0.4 is 0 Å². The Morgan fingerprint density at radius 1 is 1.32 bits per heavy atom. The smallest absolute Gasteiger partial charge is 0.193 e. The van der Waals surface area contributed by atoms with Gasteiger partial charge in [-0.2, -0.15) is 0 Å². The van der Waals surface area contributed by atoms with Crippen LogP contribution in [0.15, 0.2) is 23.8 Å². The zero-order valence-corrected chi connectivity index (χ0v) is 18.7. The normalized spacial score (nSPS) is 50.4. The van der Waals surface area contributed by atoms with E-state index in [-0.39, 0.29) is 34.7 Å². The molecule has 1 aliphatic heterocycles. The van der Waals surface area contributed by atoms with Crippen molar-refractivity contribution in [1.29, 1.82) is 0 Å². The van der Waals surface area contributed by atoms with Crippen LogP contribution in [-0.4, -0.2) is 52.5 Å². The largest absolute Gasteiger partial charge is 0.393 e. The van der Waals surface area contributed by atoms with Gasteiger partial charge in [-0.05, 0) is 56.1 Å². The van der Waals surface area contributed by atoms with Crippen molar-refractivity contribution in [3.05, 3.63) is 23.8 Å². The summed E-state index contributed by atoms with van der Waals surface area (Å²) in [5, 5.41) is 21.4. The lowest BCUT2D eigenvalue weighted by molar-refractivity contribution is -0.200. The van der Waals surface area contributed by atoms with E-state index in [1.54, 1.807) is 12.2 Å². The number of aliphatic hydroxyl groups excluding tert-OH is 2. The van der Waals surface area contributed by atoms with Crippen LogP contribution in [0.1, 0.15) is 59.3 Å². The fraction of sp³-hybridized carbons (Fsp3) is 0.760. The van der Waals surface area contributed by atoms with Crippen molar-refractivity contribution in [3.63, 3.8) is 0 Å². The zero-order chi connectivity index (χ0) is 22.2. The summed E-state index contributed by atoms with van der Waals surface area (Å²) in [5.41, 5.74) is -1.05. The van der Waals surface area contributed by atoms with Gasteiger partial charge in [0.2, 0.25) is 0 Å². The minimum absolute atomic E-state index is 0.0125. The molecule has 3 unspecified atom stereocenters. The molecule has 2 N–H and O–H groups in total. The topological polar surface area (TPSA) is 93.1 Å². The first-order valence-corrected chi connectivity index (χ1v) is 11.8. The Kier molecular flexibility index (Phi) is 4.91. The first-order valence-electron chi connectivity index (χ1n) is 11.8. The van der Waals surface area contributed by atoms with Crippen molar-refractivity contribution < 1.29 is 29.3 Å². The maximum atomic E-state index is 13.2. The molecular weight excluding hydrogens is 396 g/mol. The van der Waals surface area contributed by atoms with Crippen molar-refractivity contribution in [3.8, 4) is 0 Å². The highest BCUT2D eigenvalue weighted by atomic mass is 16.7. The summed E-state index contributed by atoms with van der Waals surface area (Å²) in [6.45, 7) is 5.67. The van der Waals surface area contributed by atoms with Crippen LogP contribution in [-0.2, 0) is 19.1 Å². The van der Waals surface area contributed by atoms with E-state index < -0.39 is 36.1 Å². The maximum absolute atomic E-state index is 13.2. The van der Waals surface area contributed by atoms with Crippen molar-refractivity contribution in [2.45, 2.75) is 83.4 Å².